The molecule has 0 saturated heterocycles. The quantitative estimate of drug-likeness (QED) is 0.168. The van der Waals surface area contributed by atoms with Crippen molar-refractivity contribution in [2.45, 2.75) is 6.42 Å². The second kappa shape index (κ2) is 13.5. The van der Waals surface area contributed by atoms with Crippen molar-refractivity contribution in [2.24, 2.45) is 0 Å². The average Bonchev–Trinajstić information content (AvgIpc) is 3.97. The zero-order valence-electron chi connectivity index (χ0n) is 34.9. The van der Waals surface area contributed by atoms with Gasteiger partial charge in [-0.1, -0.05) is 164 Å². The fourth-order valence-electron chi connectivity index (χ4n) is 11.1. The van der Waals surface area contributed by atoms with E-state index in [1.807, 2.05) is 0 Å². The van der Waals surface area contributed by atoms with Gasteiger partial charge in [-0.15, -0.1) is 0 Å². The van der Waals surface area contributed by atoms with Crippen molar-refractivity contribution >= 4 is 65.4 Å². The minimum Gasteiger partial charge on any atom is -0.309 e. The van der Waals surface area contributed by atoms with Gasteiger partial charge in [0.25, 0.3) is 0 Å². The van der Waals surface area contributed by atoms with Crippen molar-refractivity contribution in [2.75, 3.05) is 0 Å². The first kappa shape index (κ1) is 35.2. The summed E-state index contributed by atoms with van der Waals surface area (Å²) in [4.78, 5) is 0. The van der Waals surface area contributed by atoms with Gasteiger partial charge in [-0.3, -0.25) is 0 Å². The van der Waals surface area contributed by atoms with E-state index in [0.717, 1.165) is 29.0 Å². The van der Waals surface area contributed by atoms with Gasteiger partial charge in [-0.25, -0.2) is 0 Å². The number of hydrogen-bond donors (Lipinski definition) is 0. The van der Waals surface area contributed by atoms with E-state index >= 15 is 0 Å². The molecule has 3 nitrogen and oxygen atoms in total. The van der Waals surface area contributed by atoms with Gasteiger partial charge in [-0.2, -0.15) is 0 Å². The summed E-state index contributed by atoms with van der Waals surface area (Å²) in [6.07, 6.45) is 0.889. The molecule has 0 atom stereocenters. The van der Waals surface area contributed by atoms with Crippen LogP contribution in [0.2, 0.25) is 0 Å². The maximum Gasteiger partial charge on any atom is 0.0782 e. The zero-order valence-corrected chi connectivity index (χ0v) is 34.9. The van der Waals surface area contributed by atoms with Crippen LogP contribution in [0.15, 0.2) is 224 Å². The molecule has 0 amide bonds. The molecule has 0 aliphatic heterocycles. The summed E-state index contributed by atoms with van der Waals surface area (Å²) < 4.78 is 7.47. The van der Waals surface area contributed by atoms with Crippen LogP contribution in [0.3, 0.4) is 0 Å². The van der Waals surface area contributed by atoms with Gasteiger partial charge in [0, 0.05) is 43.7 Å². The molecule has 0 radical (unpaired) electrons. The van der Waals surface area contributed by atoms with Crippen molar-refractivity contribution in [3.8, 4) is 50.4 Å². The first-order chi connectivity index (χ1) is 31.8. The van der Waals surface area contributed by atoms with Crippen LogP contribution in [0, 0.1) is 0 Å². The van der Waals surface area contributed by atoms with Crippen molar-refractivity contribution in [1.82, 2.24) is 13.7 Å². The van der Waals surface area contributed by atoms with Crippen LogP contribution >= 0.6 is 0 Å². The Morgan fingerprint density at radius 3 is 1.31 bits per heavy atom. The van der Waals surface area contributed by atoms with Gasteiger partial charge in [0.2, 0.25) is 0 Å². The highest BCUT2D eigenvalue weighted by atomic mass is 15.1. The van der Waals surface area contributed by atoms with Crippen molar-refractivity contribution < 1.29 is 0 Å². The third-order valence-electron chi connectivity index (χ3n) is 13.8. The number of aromatic nitrogens is 3. The monoisotopic (exact) mass is 813 g/mol. The normalized spacial score (nSPS) is 12.3. The minimum atomic E-state index is 0.889. The predicted molar refractivity (Wildman–Crippen MR) is 269 cm³/mol. The lowest BCUT2D eigenvalue weighted by atomic mass is 9.92. The van der Waals surface area contributed by atoms with Crippen LogP contribution in [-0.2, 0) is 6.42 Å². The molecular weight excluding hydrogens is 775 g/mol. The summed E-state index contributed by atoms with van der Waals surface area (Å²) in [5.74, 6) is 0. The molecule has 3 aromatic heterocycles. The molecule has 298 valence electrons. The Morgan fingerprint density at radius 2 is 0.703 bits per heavy atom. The number of nitrogens with zero attached hydrogens (tertiary/aromatic N) is 3. The Morgan fingerprint density at radius 1 is 0.266 bits per heavy atom. The number of rotatable bonds is 4. The van der Waals surface area contributed by atoms with Crippen LogP contribution in [0.4, 0.5) is 0 Å². The van der Waals surface area contributed by atoms with Crippen molar-refractivity contribution in [3.63, 3.8) is 0 Å². The average molecular weight is 814 g/mol. The molecule has 0 fully saturated rings. The van der Waals surface area contributed by atoms with Gasteiger partial charge in [0.1, 0.15) is 0 Å². The third kappa shape index (κ3) is 5.04. The summed E-state index contributed by atoms with van der Waals surface area (Å²) in [6, 6.07) is 83.3. The van der Waals surface area contributed by atoms with Gasteiger partial charge < -0.3 is 13.7 Å². The smallest absolute Gasteiger partial charge is 0.0782 e. The Kier molecular flexibility index (Phi) is 7.46. The molecule has 0 bridgehead atoms. The number of fused-ring (bicyclic) bond motifs is 14. The van der Waals surface area contributed by atoms with Gasteiger partial charge >= 0.3 is 0 Å². The lowest BCUT2D eigenvalue weighted by Crippen LogP contribution is -2.03. The standard InChI is InChI=1S/C61H39N3/c1-2-17-45-40(16-1)34-41-33-32-39(37-54(41)47-19-4-3-18-46(45)47)42-35-43(62-55-26-10-5-20-48(55)49-21-6-11-27-56(49)62)38-44(36-42)63-57-28-12-9-24-52(57)53-25-15-31-60(61(53)63)64-58-29-13-7-22-50(58)51-23-8-14-30-59(51)64/h1-33,35-38H,34H2. The maximum atomic E-state index is 2.53. The summed E-state index contributed by atoms with van der Waals surface area (Å²) in [7, 11) is 0. The van der Waals surface area contributed by atoms with Crippen LogP contribution in [0.25, 0.3) is 116 Å². The predicted octanol–water partition coefficient (Wildman–Crippen LogP) is 15.9. The fourth-order valence-corrected chi connectivity index (χ4v) is 11.1. The maximum absolute atomic E-state index is 2.53. The topological polar surface area (TPSA) is 14.8 Å². The molecule has 0 unspecified atom stereocenters. The van der Waals surface area contributed by atoms with Crippen molar-refractivity contribution in [3.05, 3.63) is 236 Å². The second-order valence-corrected chi connectivity index (χ2v) is 17.3. The summed E-state index contributed by atoms with van der Waals surface area (Å²) in [6.45, 7) is 0. The highest BCUT2D eigenvalue weighted by Crippen LogP contribution is 2.45. The van der Waals surface area contributed by atoms with Gasteiger partial charge in [0.05, 0.1) is 38.8 Å². The molecule has 3 heterocycles. The molecule has 1 aliphatic rings. The van der Waals surface area contributed by atoms with E-state index in [1.165, 1.54) is 104 Å². The highest BCUT2D eigenvalue weighted by molar-refractivity contribution is 6.15. The second-order valence-electron chi connectivity index (χ2n) is 17.3. The van der Waals surface area contributed by atoms with Gasteiger partial charge in [0.15, 0.2) is 0 Å². The van der Waals surface area contributed by atoms with E-state index in [2.05, 4.69) is 238 Å². The molecule has 14 rings (SSSR count). The summed E-state index contributed by atoms with van der Waals surface area (Å²) in [5, 5.41) is 7.45. The molecule has 0 saturated carbocycles. The van der Waals surface area contributed by atoms with E-state index < -0.39 is 0 Å². The van der Waals surface area contributed by atoms with E-state index in [1.54, 1.807) is 0 Å². The molecule has 1 aliphatic carbocycles. The molecule has 64 heavy (non-hydrogen) atoms. The highest BCUT2D eigenvalue weighted by Gasteiger charge is 2.23. The van der Waals surface area contributed by atoms with E-state index in [-0.39, 0.29) is 0 Å². The van der Waals surface area contributed by atoms with E-state index in [0.29, 0.717) is 0 Å². The Balaban J connectivity index is 1.09. The van der Waals surface area contributed by atoms with Crippen LogP contribution in [0.5, 0.6) is 0 Å². The first-order valence-corrected chi connectivity index (χ1v) is 22.2. The summed E-state index contributed by atoms with van der Waals surface area (Å²) in [5.41, 5.74) is 20.7. The molecule has 10 aromatic carbocycles. The van der Waals surface area contributed by atoms with Crippen LogP contribution in [0.1, 0.15) is 11.1 Å². The Labute approximate surface area is 369 Å². The largest absolute Gasteiger partial charge is 0.309 e. The Hall–Kier alpha value is -8.40. The SMILES string of the molecule is c1ccc2c(c1)Cc1ccc(-c3cc(-n4c5ccccc5c5ccccc54)cc(-n4c5ccccc5c5cccc(-n6c7ccccc7c7ccccc76)c54)c3)cc1-c1ccccc1-2. The number of hydrogen-bond acceptors (Lipinski definition) is 0. The fraction of sp³-hybridized carbons (Fsp3) is 0.0164. The van der Waals surface area contributed by atoms with E-state index in [9.17, 15) is 0 Å². The zero-order chi connectivity index (χ0) is 41.9. The van der Waals surface area contributed by atoms with E-state index in [4.69, 9.17) is 0 Å². The molecule has 0 spiro atoms. The number of benzene rings is 10. The lowest BCUT2D eigenvalue weighted by molar-refractivity contribution is 1.11. The van der Waals surface area contributed by atoms with Crippen LogP contribution in [-0.4, -0.2) is 13.7 Å². The van der Waals surface area contributed by atoms with Crippen molar-refractivity contribution in [1.29, 1.82) is 0 Å². The molecule has 13 aromatic rings. The first-order valence-electron chi connectivity index (χ1n) is 22.2. The molecular formula is C61H39N3. The minimum absolute atomic E-state index is 0.889. The summed E-state index contributed by atoms with van der Waals surface area (Å²) >= 11 is 0. The van der Waals surface area contributed by atoms with Gasteiger partial charge in [-0.05, 0) is 112 Å². The van der Waals surface area contributed by atoms with Crippen LogP contribution < -0.4 is 0 Å². The Bertz CT molecular complexity index is 3950. The molecule has 0 N–H and O–H groups in total. The third-order valence-corrected chi connectivity index (χ3v) is 13.8. The number of para-hydroxylation sites is 6. The lowest BCUT2D eigenvalue weighted by Gasteiger charge is -2.18. The molecule has 3 heteroatoms.